The van der Waals surface area contributed by atoms with E-state index >= 15 is 0 Å². The minimum absolute atomic E-state index is 0.0382. The van der Waals surface area contributed by atoms with E-state index in [0.717, 1.165) is 4.90 Å². The van der Waals surface area contributed by atoms with E-state index in [2.05, 4.69) is 20.9 Å². The summed E-state index contributed by atoms with van der Waals surface area (Å²) in [6, 6.07) is 24.0. The maximum atomic E-state index is 13.3. The van der Waals surface area contributed by atoms with Gasteiger partial charge in [0.15, 0.2) is 0 Å². The van der Waals surface area contributed by atoms with Gasteiger partial charge in [0.1, 0.15) is 5.70 Å². The normalized spacial score (nSPS) is 11.8. The highest BCUT2D eigenvalue weighted by Crippen LogP contribution is 2.28. The van der Waals surface area contributed by atoms with E-state index < -0.39 is 11.8 Å². The Morgan fingerprint density at radius 1 is 0.800 bits per heavy atom. The number of pyridine rings is 1. The number of thioether (sulfide) groups is 1. The van der Waals surface area contributed by atoms with Crippen molar-refractivity contribution in [1.29, 1.82) is 0 Å². The predicted molar refractivity (Wildman–Crippen MR) is 162 cm³/mol. The summed E-state index contributed by atoms with van der Waals surface area (Å²) in [6.45, 7) is 1.81. The highest BCUT2D eigenvalue weighted by atomic mass is 35.5. The van der Waals surface area contributed by atoms with Gasteiger partial charge in [-0.3, -0.25) is 19.4 Å². The van der Waals surface area contributed by atoms with E-state index in [9.17, 15) is 14.4 Å². The summed E-state index contributed by atoms with van der Waals surface area (Å²) in [4.78, 5) is 43.4. The van der Waals surface area contributed by atoms with Crippen LogP contribution in [-0.2, 0) is 9.59 Å². The molecule has 202 valence electrons. The Labute approximate surface area is 246 Å². The summed E-state index contributed by atoms with van der Waals surface area (Å²) >= 11 is 14.0. The van der Waals surface area contributed by atoms with Crippen LogP contribution in [0.15, 0.2) is 108 Å². The zero-order valence-corrected chi connectivity index (χ0v) is 23.6. The predicted octanol–water partition coefficient (Wildman–Crippen LogP) is 6.92. The molecule has 0 aliphatic carbocycles. The average Bonchev–Trinajstić information content (AvgIpc) is 2.96. The molecule has 40 heavy (non-hydrogen) atoms. The molecule has 4 aromatic rings. The van der Waals surface area contributed by atoms with Gasteiger partial charge in [0.05, 0.1) is 5.25 Å². The molecule has 0 saturated heterocycles. The van der Waals surface area contributed by atoms with Crippen LogP contribution >= 0.6 is 35.0 Å². The third-order valence-corrected chi connectivity index (χ3v) is 7.33. The summed E-state index contributed by atoms with van der Waals surface area (Å²) in [5, 5.41) is 8.60. The maximum absolute atomic E-state index is 13.3. The topological polar surface area (TPSA) is 100 Å². The smallest absolute Gasteiger partial charge is 0.272 e. The van der Waals surface area contributed by atoms with E-state index in [1.807, 2.05) is 6.92 Å². The Morgan fingerprint density at radius 3 is 2.08 bits per heavy atom. The summed E-state index contributed by atoms with van der Waals surface area (Å²) in [5.41, 5.74) is 1.91. The molecule has 3 aromatic carbocycles. The second-order valence-electron chi connectivity index (χ2n) is 8.48. The second-order valence-corrected chi connectivity index (χ2v) is 10.7. The van der Waals surface area contributed by atoms with Gasteiger partial charge in [-0.15, -0.1) is 11.8 Å². The fourth-order valence-electron chi connectivity index (χ4n) is 3.49. The number of carbonyl (C=O) groups excluding carboxylic acids is 3. The number of hydrogen-bond acceptors (Lipinski definition) is 5. The summed E-state index contributed by atoms with van der Waals surface area (Å²) in [6.07, 6.45) is 4.66. The minimum atomic E-state index is -0.564. The second kappa shape index (κ2) is 13.8. The molecule has 4 rings (SSSR count). The molecule has 1 atom stereocenters. The van der Waals surface area contributed by atoms with Crippen LogP contribution in [0.2, 0.25) is 10.0 Å². The van der Waals surface area contributed by atoms with Crippen molar-refractivity contribution in [3.8, 4) is 0 Å². The standard InChI is InChI=1S/C30H24Cl2N4O3S/c1-19(28(37)34-22-14-16-33-17-15-22)40-23-12-10-21(11-13-23)35-30(39)27(18-24-25(31)8-5-9-26(24)32)36-29(38)20-6-3-2-4-7-20/h2-19H,1H3,(H,35,39)(H,36,38)(H,33,34,37)/b27-18-. The number of carbonyl (C=O) groups is 3. The number of hydrogen-bond donors (Lipinski definition) is 3. The Bertz CT molecular complexity index is 1510. The third kappa shape index (κ3) is 7.95. The Morgan fingerprint density at radius 2 is 1.43 bits per heavy atom. The molecule has 0 saturated carbocycles. The average molecular weight is 592 g/mol. The number of aromatic nitrogens is 1. The first-order chi connectivity index (χ1) is 19.3. The number of amides is 3. The van der Waals surface area contributed by atoms with Crippen LogP contribution in [-0.4, -0.2) is 28.0 Å². The number of halogens is 2. The van der Waals surface area contributed by atoms with Crippen molar-refractivity contribution in [2.24, 2.45) is 0 Å². The van der Waals surface area contributed by atoms with Crippen molar-refractivity contribution in [2.45, 2.75) is 17.1 Å². The van der Waals surface area contributed by atoms with E-state index in [-0.39, 0.29) is 16.9 Å². The zero-order valence-electron chi connectivity index (χ0n) is 21.2. The zero-order chi connectivity index (χ0) is 28.5. The van der Waals surface area contributed by atoms with Gasteiger partial charge in [-0.05, 0) is 73.7 Å². The molecule has 10 heteroatoms. The number of rotatable bonds is 9. The Hall–Kier alpha value is -4.11. The number of nitrogens with zero attached hydrogens (tertiary/aromatic N) is 1. The van der Waals surface area contributed by atoms with Crippen molar-refractivity contribution in [2.75, 3.05) is 10.6 Å². The SMILES string of the molecule is CC(Sc1ccc(NC(=O)/C(=C/c2c(Cl)cccc2Cl)NC(=O)c2ccccc2)cc1)C(=O)Nc1ccncc1. The lowest BCUT2D eigenvalue weighted by Crippen LogP contribution is -2.30. The van der Waals surface area contributed by atoms with E-state index in [1.165, 1.54) is 17.8 Å². The molecule has 3 N–H and O–H groups in total. The number of benzene rings is 3. The number of nitrogens with one attached hydrogen (secondary N) is 3. The molecule has 3 amide bonds. The Balaban J connectivity index is 1.47. The first-order valence-corrected chi connectivity index (χ1v) is 13.7. The van der Waals surface area contributed by atoms with Crippen molar-refractivity contribution in [3.63, 3.8) is 0 Å². The molecule has 1 aromatic heterocycles. The van der Waals surface area contributed by atoms with E-state index in [1.54, 1.807) is 97.3 Å². The molecular weight excluding hydrogens is 567 g/mol. The minimum Gasteiger partial charge on any atom is -0.325 e. The van der Waals surface area contributed by atoms with Crippen molar-refractivity contribution < 1.29 is 14.4 Å². The van der Waals surface area contributed by atoms with Gasteiger partial charge in [-0.25, -0.2) is 0 Å². The lowest BCUT2D eigenvalue weighted by atomic mass is 10.1. The molecule has 0 fully saturated rings. The van der Waals surface area contributed by atoms with Gasteiger partial charge < -0.3 is 16.0 Å². The van der Waals surface area contributed by atoms with Gasteiger partial charge >= 0.3 is 0 Å². The highest BCUT2D eigenvalue weighted by Gasteiger charge is 2.18. The largest absolute Gasteiger partial charge is 0.325 e. The van der Waals surface area contributed by atoms with Gasteiger partial charge in [0, 0.05) is 49.8 Å². The van der Waals surface area contributed by atoms with Crippen LogP contribution < -0.4 is 16.0 Å². The van der Waals surface area contributed by atoms with Crippen LogP contribution in [0.3, 0.4) is 0 Å². The third-order valence-electron chi connectivity index (χ3n) is 5.56. The molecule has 0 aliphatic rings. The van der Waals surface area contributed by atoms with Crippen molar-refractivity contribution >= 4 is 70.1 Å². The van der Waals surface area contributed by atoms with Crippen LogP contribution in [0.25, 0.3) is 6.08 Å². The summed E-state index contributed by atoms with van der Waals surface area (Å²) < 4.78 is 0. The molecule has 1 heterocycles. The van der Waals surface area contributed by atoms with E-state index in [4.69, 9.17) is 23.2 Å². The molecule has 0 aliphatic heterocycles. The quantitative estimate of drug-likeness (QED) is 0.145. The van der Waals surface area contributed by atoms with Crippen molar-refractivity contribution in [1.82, 2.24) is 10.3 Å². The van der Waals surface area contributed by atoms with E-state index in [0.29, 0.717) is 32.5 Å². The van der Waals surface area contributed by atoms with Crippen LogP contribution in [0.5, 0.6) is 0 Å². The molecule has 7 nitrogen and oxygen atoms in total. The number of anilines is 2. The van der Waals surface area contributed by atoms with Gasteiger partial charge in [0.2, 0.25) is 5.91 Å². The van der Waals surface area contributed by atoms with Gasteiger partial charge in [0.25, 0.3) is 11.8 Å². The van der Waals surface area contributed by atoms with Crippen LogP contribution in [0.4, 0.5) is 11.4 Å². The maximum Gasteiger partial charge on any atom is 0.272 e. The summed E-state index contributed by atoms with van der Waals surface area (Å²) in [7, 11) is 0. The molecule has 0 bridgehead atoms. The highest BCUT2D eigenvalue weighted by molar-refractivity contribution is 8.00. The Kier molecular flexibility index (Phi) is 9.96. The molecule has 0 radical (unpaired) electrons. The lowest BCUT2D eigenvalue weighted by molar-refractivity contribution is -0.115. The van der Waals surface area contributed by atoms with Gasteiger partial charge in [-0.1, -0.05) is 47.5 Å². The fourth-order valence-corrected chi connectivity index (χ4v) is 4.86. The van der Waals surface area contributed by atoms with Crippen LogP contribution in [0, 0.1) is 0 Å². The lowest BCUT2D eigenvalue weighted by Gasteiger charge is -2.14. The first-order valence-electron chi connectivity index (χ1n) is 12.1. The first kappa shape index (κ1) is 28.9. The van der Waals surface area contributed by atoms with Crippen molar-refractivity contribution in [3.05, 3.63) is 124 Å². The molecule has 0 spiro atoms. The molecular formula is C30H24Cl2N4O3S. The monoisotopic (exact) mass is 590 g/mol. The fraction of sp³-hybridized carbons (Fsp3) is 0.0667. The van der Waals surface area contributed by atoms with Gasteiger partial charge in [-0.2, -0.15) is 0 Å². The summed E-state index contributed by atoms with van der Waals surface area (Å²) in [5.74, 6) is -1.17. The molecule has 1 unspecified atom stereocenters. The van der Waals surface area contributed by atoms with Crippen LogP contribution in [0.1, 0.15) is 22.8 Å².